The van der Waals surface area contributed by atoms with E-state index < -0.39 is 0 Å². The van der Waals surface area contributed by atoms with Crippen molar-refractivity contribution >= 4 is 11.6 Å². The number of nitrogens with zero attached hydrogens (tertiary/aromatic N) is 3. The van der Waals surface area contributed by atoms with Crippen LogP contribution in [0.1, 0.15) is 38.4 Å². The number of nitrogens with one attached hydrogen (secondary N) is 1. The van der Waals surface area contributed by atoms with Crippen LogP contribution in [0, 0.1) is 5.92 Å². The average Bonchev–Trinajstić information content (AvgIpc) is 3.01. The zero-order valence-corrected chi connectivity index (χ0v) is 11.3. The van der Waals surface area contributed by atoms with Gasteiger partial charge in [0.05, 0.1) is 0 Å². The minimum atomic E-state index is 0.726. The monoisotopic (exact) mass is 246 g/mol. The Morgan fingerprint density at radius 3 is 2.89 bits per heavy atom. The van der Waals surface area contributed by atoms with Gasteiger partial charge < -0.3 is 10.2 Å². The summed E-state index contributed by atoms with van der Waals surface area (Å²) in [5.74, 6) is 3.95. The van der Waals surface area contributed by atoms with Crippen LogP contribution in [-0.2, 0) is 6.42 Å². The molecule has 18 heavy (non-hydrogen) atoms. The van der Waals surface area contributed by atoms with E-state index in [1.54, 1.807) is 0 Å². The fourth-order valence-corrected chi connectivity index (χ4v) is 3.30. The van der Waals surface area contributed by atoms with Crippen LogP contribution < -0.4 is 10.2 Å². The van der Waals surface area contributed by atoms with Crippen molar-refractivity contribution in [1.82, 2.24) is 9.97 Å². The molecule has 0 aromatic carbocycles. The summed E-state index contributed by atoms with van der Waals surface area (Å²) in [5.41, 5.74) is 0. The van der Waals surface area contributed by atoms with Gasteiger partial charge in [-0.05, 0) is 31.6 Å². The molecule has 0 amide bonds. The van der Waals surface area contributed by atoms with E-state index >= 15 is 0 Å². The molecule has 1 aromatic heterocycles. The molecule has 4 nitrogen and oxygen atoms in total. The number of hydrogen-bond donors (Lipinski definition) is 1. The second kappa shape index (κ2) is 4.75. The van der Waals surface area contributed by atoms with Crippen molar-refractivity contribution in [2.75, 3.05) is 23.8 Å². The van der Waals surface area contributed by atoms with Crippen molar-refractivity contribution < 1.29 is 0 Å². The maximum absolute atomic E-state index is 4.75. The molecule has 2 bridgehead atoms. The first-order chi connectivity index (χ1) is 8.80. The van der Waals surface area contributed by atoms with Crippen LogP contribution in [0.25, 0.3) is 0 Å². The van der Waals surface area contributed by atoms with Crippen LogP contribution in [0.2, 0.25) is 0 Å². The van der Waals surface area contributed by atoms with Gasteiger partial charge in [0.15, 0.2) is 0 Å². The van der Waals surface area contributed by atoms with E-state index in [4.69, 9.17) is 4.98 Å². The first-order valence-electron chi connectivity index (χ1n) is 7.12. The van der Waals surface area contributed by atoms with Crippen molar-refractivity contribution in [1.29, 1.82) is 0 Å². The van der Waals surface area contributed by atoms with Crippen molar-refractivity contribution in [3.63, 3.8) is 0 Å². The van der Waals surface area contributed by atoms with Crippen molar-refractivity contribution in [3.05, 3.63) is 11.9 Å². The van der Waals surface area contributed by atoms with E-state index in [1.807, 2.05) is 7.05 Å². The molecule has 1 saturated heterocycles. The third-order valence-electron chi connectivity index (χ3n) is 4.19. The number of rotatable bonds is 4. The van der Waals surface area contributed by atoms with E-state index in [-0.39, 0.29) is 0 Å². The Hall–Kier alpha value is -1.32. The molecule has 1 saturated carbocycles. The molecule has 4 heteroatoms. The van der Waals surface area contributed by atoms with Crippen LogP contribution >= 0.6 is 0 Å². The largest absolute Gasteiger partial charge is 0.373 e. The molecule has 2 heterocycles. The molecule has 2 fully saturated rings. The minimum Gasteiger partial charge on any atom is -0.373 e. The van der Waals surface area contributed by atoms with Gasteiger partial charge in [0, 0.05) is 32.1 Å². The maximum atomic E-state index is 4.75. The minimum absolute atomic E-state index is 0.726. The second-order valence-electron chi connectivity index (χ2n) is 5.51. The molecule has 1 aliphatic heterocycles. The highest BCUT2D eigenvalue weighted by molar-refractivity contribution is 5.51. The lowest BCUT2D eigenvalue weighted by atomic mass is 10.1. The van der Waals surface area contributed by atoms with Gasteiger partial charge in [-0.2, -0.15) is 0 Å². The van der Waals surface area contributed by atoms with Crippen LogP contribution in [-0.4, -0.2) is 29.6 Å². The predicted octanol–water partition coefficient (Wildman–Crippen LogP) is 2.46. The van der Waals surface area contributed by atoms with Crippen LogP contribution in [0.3, 0.4) is 0 Å². The van der Waals surface area contributed by atoms with E-state index in [9.17, 15) is 0 Å². The average molecular weight is 246 g/mol. The summed E-state index contributed by atoms with van der Waals surface area (Å²) < 4.78 is 0. The Morgan fingerprint density at radius 1 is 1.39 bits per heavy atom. The van der Waals surface area contributed by atoms with Crippen LogP contribution in [0.5, 0.6) is 0 Å². The fourth-order valence-electron chi connectivity index (χ4n) is 3.30. The molecule has 0 radical (unpaired) electrons. The standard InChI is InChI=1S/C14H22N4/c1-3-4-12-16-13(15-2)8-14(17-12)18-9-10-5-6-11(18)7-10/h8,10-11H,3-7,9H2,1-2H3,(H,15,16,17). The molecular formula is C14H22N4. The van der Waals surface area contributed by atoms with Gasteiger partial charge in [-0.3, -0.25) is 0 Å². The molecule has 3 rings (SSSR count). The zero-order chi connectivity index (χ0) is 12.5. The Bertz CT molecular complexity index is 432. The lowest BCUT2D eigenvalue weighted by Crippen LogP contribution is -2.32. The normalized spacial score (nSPS) is 25.8. The Labute approximate surface area is 109 Å². The molecular weight excluding hydrogens is 224 g/mol. The van der Waals surface area contributed by atoms with Gasteiger partial charge in [0.1, 0.15) is 17.5 Å². The summed E-state index contributed by atoms with van der Waals surface area (Å²) in [6.07, 6.45) is 6.17. The maximum Gasteiger partial charge on any atom is 0.134 e. The molecule has 98 valence electrons. The second-order valence-corrected chi connectivity index (χ2v) is 5.51. The Morgan fingerprint density at radius 2 is 2.28 bits per heavy atom. The highest BCUT2D eigenvalue weighted by Crippen LogP contribution is 2.39. The highest BCUT2D eigenvalue weighted by atomic mass is 15.3. The van der Waals surface area contributed by atoms with E-state index in [2.05, 4.69) is 28.2 Å². The third kappa shape index (κ3) is 2.04. The summed E-state index contributed by atoms with van der Waals surface area (Å²) >= 11 is 0. The Balaban J connectivity index is 1.88. The summed E-state index contributed by atoms with van der Waals surface area (Å²) in [6.45, 7) is 3.36. The smallest absolute Gasteiger partial charge is 0.134 e. The third-order valence-corrected chi connectivity index (χ3v) is 4.19. The van der Waals surface area contributed by atoms with Gasteiger partial charge in [-0.25, -0.2) is 9.97 Å². The van der Waals surface area contributed by atoms with E-state index in [0.29, 0.717) is 0 Å². The zero-order valence-electron chi connectivity index (χ0n) is 11.3. The lowest BCUT2D eigenvalue weighted by molar-refractivity contribution is 0.549. The van der Waals surface area contributed by atoms with Crippen LogP contribution in [0.4, 0.5) is 11.6 Å². The molecule has 1 aromatic rings. The molecule has 2 atom stereocenters. The van der Waals surface area contributed by atoms with Crippen molar-refractivity contribution in [2.24, 2.45) is 5.92 Å². The lowest BCUT2D eigenvalue weighted by Gasteiger charge is -2.28. The summed E-state index contributed by atoms with van der Waals surface area (Å²) in [6, 6.07) is 2.82. The molecule has 1 N–H and O–H groups in total. The van der Waals surface area contributed by atoms with Crippen LogP contribution in [0.15, 0.2) is 6.07 Å². The highest BCUT2D eigenvalue weighted by Gasteiger charge is 2.38. The number of fused-ring (bicyclic) bond motifs is 2. The quantitative estimate of drug-likeness (QED) is 0.886. The predicted molar refractivity (Wildman–Crippen MR) is 74.0 cm³/mol. The number of piperidine rings is 1. The van der Waals surface area contributed by atoms with E-state index in [1.165, 1.54) is 25.8 Å². The summed E-state index contributed by atoms with van der Waals surface area (Å²) in [4.78, 5) is 11.8. The number of aromatic nitrogens is 2. The van der Waals surface area contributed by atoms with Gasteiger partial charge >= 0.3 is 0 Å². The molecule has 1 aliphatic carbocycles. The first-order valence-corrected chi connectivity index (χ1v) is 7.12. The van der Waals surface area contributed by atoms with Gasteiger partial charge in [0.25, 0.3) is 0 Å². The first kappa shape index (κ1) is 11.8. The fraction of sp³-hybridized carbons (Fsp3) is 0.714. The SMILES string of the molecule is CCCc1nc(NC)cc(N2CC3CCC2C3)n1. The summed E-state index contributed by atoms with van der Waals surface area (Å²) in [7, 11) is 1.93. The topological polar surface area (TPSA) is 41.1 Å². The van der Waals surface area contributed by atoms with Crippen molar-refractivity contribution in [2.45, 2.75) is 45.1 Å². The number of anilines is 2. The van der Waals surface area contributed by atoms with Gasteiger partial charge in [0.2, 0.25) is 0 Å². The van der Waals surface area contributed by atoms with E-state index in [0.717, 1.165) is 42.3 Å². The Kier molecular flexibility index (Phi) is 3.10. The summed E-state index contributed by atoms with van der Waals surface area (Å²) in [5, 5.41) is 3.16. The van der Waals surface area contributed by atoms with Crippen molar-refractivity contribution in [3.8, 4) is 0 Å². The number of aryl methyl sites for hydroxylation is 1. The van der Waals surface area contributed by atoms with Gasteiger partial charge in [-0.15, -0.1) is 0 Å². The van der Waals surface area contributed by atoms with Gasteiger partial charge in [-0.1, -0.05) is 6.92 Å². The number of hydrogen-bond acceptors (Lipinski definition) is 4. The molecule has 0 spiro atoms. The molecule has 2 unspecified atom stereocenters. The molecule has 2 aliphatic rings.